The molecule has 1 aliphatic rings. The van der Waals surface area contributed by atoms with Gasteiger partial charge in [-0.1, -0.05) is 48.5 Å². The van der Waals surface area contributed by atoms with E-state index in [0.29, 0.717) is 17.8 Å². The van der Waals surface area contributed by atoms with Crippen LogP contribution in [-0.4, -0.2) is 38.6 Å². The molecule has 3 aromatic carbocycles. The maximum atomic E-state index is 12.7. The van der Waals surface area contributed by atoms with Crippen LogP contribution in [0, 0.1) is 6.92 Å². The lowest BCUT2D eigenvalue weighted by atomic mass is 10.1. The molecule has 0 saturated carbocycles. The number of anilines is 1. The zero-order valence-electron chi connectivity index (χ0n) is 20.4. The molecule has 4 rings (SSSR count). The fourth-order valence-corrected chi connectivity index (χ4v) is 5.32. The standard InChI is InChI=1S/C28H33N3O3S/c1-22-8-3-4-11-26(22)21-31(35(2,33)34)27-14-12-25(13-15-27)28(32)29-19-23-9-7-10-24(18-23)20-30-16-5-6-17-30/h3-4,7-15,18H,5-6,16-17,19-21H2,1-2H3,(H,29,32). The summed E-state index contributed by atoms with van der Waals surface area (Å²) in [5, 5.41) is 2.98. The lowest BCUT2D eigenvalue weighted by molar-refractivity contribution is 0.0951. The molecule has 0 aromatic heterocycles. The molecule has 3 aromatic rings. The number of carbonyl (C=O) groups is 1. The third kappa shape index (κ3) is 6.71. The summed E-state index contributed by atoms with van der Waals surface area (Å²) >= 11 is 0. The fourth-order valence-electron chi connectivity index (χ4n) is 4.44. The van der Waals surface area contributed by atoms with E-state index in [9.17, 15) is 13.2 Å². The number of hydrogen-bond acceptors (Lipinski definition) is 4. The number of sulfonamides is 1. The van der Waals surface area contributed by atoms with Gasteiger partial charge in [-0.2, -0.15) is 0 Å². The SMILES string of the molecule is Cc1ccccc1CN(c1ccc(C(=O)NCc2cccc(CN3CCCC3)c2)cc1)S(C)(=O)=O. The average molecular weight is 492 g/mol. The zero-order chi connectivity index (χ0) is 24.8. The van der Waals surface area contributed by atoms with Crippen LogP contribution in [0.25, 0.3) is 0 Å². The van der Waals surface area contributed by atoms with Gasteiger partial charge >= 0.3 is 0 Å². The largest absolute Gasteiger partial charge is 0.348 e. The van der Waals surface area contributed by atoms with E-state index >= 15 is 0 Å². The Hall–Kier alpha value is -3.16. The first-order valence-corrected chi connectivity index (χ1v) is 13.8. The van der Waals surface area contributed by atoms with Crippen molar-refractivity contribution in [3.05, 3.63) is 101 Å². The molecule has 1 fully saturated rings. The minimum Gasteiger partial charge on any atom is -0.348 e. The van der Waals surface area contributed by atoms with Gasteiger partial charge in [0.25, 0.3) is 5.91 Å². The van der Waals surface area contributed by atoms with E-state index in [1.54, 1.807) is 24.3 Å². The first-order valence-electron chi connectivity index (χ1n) is 12.0. The van der Waals surface area contributed by atoms with Crippen LogP contribution < -0.4 is 9.62 Å². The first kappa shape index (κ1) is 24.9. The molecule has 1 saturated heterocycles. The second kappa shape index (κ2) is 11.1. The number of nitrogens with one attached hydrogen (secondary N) is 1. The normalized spacial score (nSPS) is 14.1. The zero-order valence-corrected chi connectivity index (χ0v) is 21.2. The van der Waals surface area contributed by atoms with Crippen LogP contribution >= 0.6 is 0 Å². The lowest BCUT2D eigenvalue weighted by Crippen LogP contribution is -2.29. The fraction of sp³-hybridized carbons (Fsp3) is 0.321. The highest BCUT2D eigenvalue weighted by Gasteiger charge is 2.19. The molecule has 0 atom stereocenters. The molecule has 0 aliphatic carbocycles. The van der Waals surface area contributed by atoms with Crippen molar-refractivity contribution in [1.29, 1.82) is 0 Å². The Kier molecular flexibility index (Phi) is 7.88. The summed E-state index contributed by atoms with van der Waals surface area (Å²) in [5.41, 5.74) is 5.31. The summed E-state index contributed by atoms with van der Waals surface area (Å²) in [4.78, 5) is 15.2. The van der Waals surface area contributed by atoms with Crippen molar-refractivity contribution in [3.8, 4) is 0 Å². The average Bonchev–Trinajstić information content (AvgIpc) is 3.35. The lowest BCUT2D eigenvalue weighted by Gasteiger charge is -2.23. The van der Waals surface area contributed by atoms with Crippen LogP contribution in [0.2, 0.25) is 0 Å². The quantitative estimate of drug-likeness (QED) is 0.479. The van der Waals surface area contributed by atoms with Gasteiger partial charge in [-0.15, -0.1) is 0 Å². The molecule has 1 amide bonds. The molecule has 7 heteroatoms. The van der Waals surface area contributed by atoms with Crippen molar-refractivity contribution in [2.45, 2.75) is 39.4 Å². The molecule has 184 valence electrons. The molecule has 1 N–H and O–H groups in total. The van der Waals surface area contributed by atoms with Crippen molar-refractivity contribution in [2.75, 3.05) is 23.7 Å². The van der Waals surface area contributed by atoms with Crippen molar-refractivity contribution < 1.29 is 13.2 Å². The molecule has 1 aliphatic heterocycles. The van der Waals surface area contributed by atoms with Crippen molar-refractivity contribution >= 4 is 21.6 Å². The molecule has 0 bridgehead atoms. The molecular weight excluding hydrogens is 458 g/mol. The van der Waals surface area contributed by atoms with Crippen LogP contribution in [0.3, 0.4) is 0 Å². The number of hydrogen-bond donors (Lipinski definition) is 1. The van der Waals surface area contributed by atoms with Crippen molar-refractivity contribution in [1.82, 2.24) is 10.2 Å². The third-order valence-electron chi connectivity index (χ3n) is 6.44. The Labute approximate surface area is 208 Å². The van der Waals surface area contributed by atoms with Gasteiger partial charge in [-0.3, -0.25) is 14.0 Å². The summed E-state index contributed by atoms with van der Waals surface area (Å²) < 4.78 is 26.4. The van der Waals surface area contributed by atoms with Crippen LogP contribution in [-0.2, 0) is 29.7 Å². The molecule has 0 radical (unpaired) electrons. The summed E-state index contributed by atoms with van der Waals surface area (Å²) in [5.74, 6) is -0.189. The summed E-state index contributed by atoms with van der Waals surface area (Å²) in [6.07, 6.45) is 3.73. The van der Waals surface area contributed by atoms with Crippen LogP contribution in [0.1, 0.15) is 45.5 Å². The Morgan fingerprint density at radius 2 is 1.63 bits per heavy atom. The second-order valence-corrected chi connectivity index (χ2v) is 11.1. The topological polar surface area (TPSA) is 69.7 Å². The Morgan fingerprint density at radius 1 is 0.943 bits per heavy atom. The Morgan fingerprint density at radius 3 is 2.31 bits per heavy atom. The van der Waals surface area contributed by atoms with Crippen LogP contribution in [0.15, 0.2) is 72.8 Å². The molecular formula is C28H33N3O3S. The Balaban J connectivity index is 1.40. The number of nitrogens with zero attached hydrogens (tertiary/aromatic N) is 2. The molecule has 6 nitrogen and oxygen atoms in total. The van der Waals surface area contributed by atoms with E-state index in [1.807, 2.05) is 43.3 Å². The van der Waals surface area contributed by atoms with Gasteiger partial charge < -0.3 is 5.32 Å². The molecule has 35 heavy (non-hydrogen) atoms. The van der Waals surface area contributed by atoms with E-state index in [4.69, 9.17) is 0 Å². The minimum atomic E-state index is -3.50. The number of carbonyl (C=O) groups excluding carboxylic acids is 1. The summed E-state index contributed by atoms with van der Waals surface area (Å²) in [7, 11) is -3.50. The highest BCUT2D eigenvalue weighted by atomic mass is 32.2. The van der Waals surface area contributed by atoms with Crippen LogP contribution in [0.5, 0.6) is 0 Å². The van der Waals surface area contributed by atoms with E-state index in [0.717, 1.165) is 36.3 Å². The number of amides is 1. The van der Waals surface area contributed by atoms with Crippen molar-refractivity contribution in [2.24, 2.45) is 0 Å². The summed E-state index contributed by atoms with van der Waals surface area (Å²) in [6.45, 7) is 5.90. The number of benzene rings is 3. The van der Waals surface area contributed by atoms with Gasteiger partial charge in [0.1, 0.15) is 0 Å². The van der Waals surface area contributed by atoms with E-state index in [-0.39, 0.29) is 12.5 Å². The van der Waals surface area contributed by atoms with E-state index in [2.05, 4.69) is 22.3 Å². The third-order valence-corrected chi connectivity index (χ3v) is 7.58. The predicted octanol–water partition coefficient (Wildman–Crippen LogP) is 4.49. The number of aryl methyl sites for hydroxylation is 1. The maximum absolute atomic E-state index is 12.7. The molecule has 0 unspecified atom stereocenters. The first-order chi connectivity index (χ1) is 16.8. The van der Waals surface area contributed by atoms with E-state index < -0.39 is 10.0 Å². The highest BCUT2D eigenvalue weighted by molar-refractivity contribution is 7.92. The Bertz CT molecular complexity index is 1270. The number of likely N-dealkylation sites (tertiary alicyclic amines) is 1. The van der Waals surface area contributed by atoms with Gasteiger partial charge in [0.05, 0.1) is 18.5 Å². The van der Waals surface area contributed by atoms with E-state index in [1.165, 1.54) is 29.0 Å². The van der Waals surface area contributed by atoms with Crippen LogP contribution in [0.4, 0.5) is 5.69 Å². The monoisotopic (exact) mass is 491 g/mol. The minimum absolute atomic E-state index is 0.189. The van der Waals surface area contributed by atoms with Gasteiger partial charge in [0, 0.05) is 18.7 Å². The predicted molar refractivity (Wildman–Crippen MR) is 141 cm³/mol. The molecule has 1 heterocycles. The second-order valence-electron chi connectivity index (χ2n) is 9.23. The highest BCUT2D eigenvalue weighted by Crippen LogP contribution is 2.23. The molecule has 0 spiro atoms. The maximum Gasteiger partial charge on any atom is 0.251 e. The van der Waals surface area contributed by atoms with Gasteiger partial charge in [-0.05, 0) is 79.4 Å². The van der Waals surface area contributed by atoms with Gasteiger partial charge in [0.15, 0.2) is 0 Å². The van der Waals surface area contributed by atoms with Gasteiger partial charge in [0.2, 0.25) is 10.0 Å². The van der Waals surface area contributed by atoms with Crippen molar-refractivity contribution in [3.63, 3.8) is 0 Å². The van der Waals surface area contributed by atoms with Gasteiger partial charge in [-0.25, -0.2) is 8.42 Å². The summed E-state index contributed by atoms with van der Waals surface area (Å²) in [6, 6.07) is 22.8. The number of rotatable bonds is 9. The smallest absolute Gasteiger partial charge is 0.251 e.